The third kappa shape index (κ3) is 5.40. The summed E-state index contributed by atoms with van der Waals surface area (Å²) < 4.78 is 0. The molecular weight excluding hydrogens is 280 g/mol. The zero-order chi connectivity index (χ0) is 15.1. The first-order valence-corrected chi connectivity index (χ1v) is 7.87. The van der Waals surface area contributed by atoms with Crippen LogP contribution < -0.4 is 5.32 Å². The number of carboxylic acids is 1. The van der Waals surface area contributed by atoms with Gasteiger partial charge in [0.15, 0.2) is 0 Å². The van der Waals surface area contributed by atoms with Gasteiger partial charge in [0.05, 0.1) is 5.75 Å². The molecule has 1 aliphatic rings. The molecule has 114 valence electrons. The number of piperidine rings is 1. The molecule has 2 N–H and O–H groups in total. The first-order chi connectivity index (χ1) is 9.43. The molecule has 1 heterocycles. The predicted octanol–water partition coefficient (Wildman–Crippen LogP) is 0.423. The molecule has 2 amide bonds. The number of hydrogen-bond donors (Lipinski definition) is 2. The van der Waals surface area contributed by atoms with Crippen molar-refractivity contribution in [1.29, 1.82) is 0 Å². The normalized spacial score (nSPS) is 24.0. The van der Waals surface area contributed by atoms with E-state index >= 15 is 0 Å². The van der Waals surface area contributed by atoms with Crippen LogP contribution in [0.15, 0.2) is 0 Å². The van der Waals surface area contributed by atoms with Gasteiger partial charge >= 0.3 is 5.97 Å². The smallest absolute Gasteiger partial charge is 0.327 e. The molecule has 0 bridgehead atoms. The number of thioether (sulfide) groups is 1. The highest BCUT2D eigenvalue weighted by Crippen LogP contribution is 2.21. The summed E-state index contributed by atoms with van der Waals surface area (Å²) in [6, 6.07) is -0.940. The van der Waals surface area contributed by atoms with Crippen LogP contribution in [0.5, 0.6) is 0 Å². The molecular formula is C13H22N2O4S. The summed E-state index contributed by atoms with van der Waals surface area (Å²) in [5, 5.41) is 11.1. The van der Waals surface area contributed by atoms with Crippen LogP contribution in [-0.2, 0) is 14.4 Å². The van der Waals surface area contributed by atoms with Crippen molar-refractivity contribution in [3.05, 3.63) is 0 Å². The lowest BCUT2D eigenvalue weighted by atomic mass is 9.92. The fraction of sp³-hybridized carbons (Fsp3) is 0.769. The van der Waals surface area contributed by atoms with Gasteiger partial charge < -0.3 is 15.3 Å². The topological polar surface area (TPSA) is 86.7 Å². The van der Waals surface area contributed by atoms with Gasteiger partial charge in [-0.15, -0.1) is 11.8 Å². The van der Waals surface area contributed by atoms with Crippen molar-refractivity contribution in [3.63, 3.8) is 0 Å². The van der Waals surface area contributed by atoms with E-state index in [1.54, 1.807) is 0 Å². The van der Waals surface area contributed by atoms with Crippen molar-refractivity contribution < 1.29 is 19.5 Å². The highest BCUT2D eigenvalue weighted by molar-refractivity contribution is 8.00. The van der Waals surface area contributed by atoms with Gasteiger partial charge in [-0.05, 0) is 18.3 Å². The highest BCUT2D eigenvalue weighted by Gasteiger charge is 2.25. The van der Waals surface area contributed by atoms with Crippen molar-refractivity contribution in [1.82, 2.24) is 10.2 Å². The van der Waals surface area contributed by atoms with Crippen LogP contribution in [0.2, 0.25) is 0 Å². The molecule has 0 saturated carbocycles. The van der Waals surface area contributed by atoms with Crippen LogP contribution in [-0.4, -0.2) is 58.9 Å². The van der Waals surface area contributed by atoms with Crippen LogP contribution in [0.4, 0.5) is 0 Å². The van der Waals surface area contributed by atoms with E-state index in [1.807, 2.05) is 4.90 Å². The fourth-order valence-corrected chi connectivity index (χ4v) is 3.44. The summed E-state index contributed by atoms with van der Waals surface area (Å²) in [6.45, 7) is 5.83. The number of likely N-dealkylation sites (tertiary alicyclic amines) is 1. The summed E-state index contributed by atoms with van der Waals surface area (Å²) in [5.41, 5.74) is 0. The molecule has 1 rings (SSSR count). The number of carboxylic acid groups (broad SMARTS) is 1. The third-order valence-corrected chi connectivity index (χ3v) is 4.32. The maximum absolute atomic E-state index is 12.1. The molecule has 0 aromatic carbocycles. The lowest BCUT2D eigenvalue weighted by Crippen LogP contribution is -2.44. The second kappa shape index (κ2) is 8.14. The van der Waals surface area contributed by atoms with Gasteiger partial charge in [0.1, 0.15) is 6.04 Å². The van der Waals surface area contributed by atoms with E-state index in [4.69, 9.17) is 5.11 Å². The Morgan fingerprint density at radius 1 is 1.40 bits per heavy atom. The SMILES string of the molecule is CC1CC(C)CN(C(=O)CSCC(NC=O)C(=O)O)C1. The Hall–Kier alpha value is -1.24. The molecule has 1 fully saturated rings. The van der Waals surface area contributed by atoms with Crippen molar-refractivity contribution in [2.24, 2.45) is 11.8 Å². The minimum atomic E-state index is -1.09. The van der Waals surface area contributed by atoms with E-state index in [0.29, 0.717) is 18.2 Å². The van der Waals surface area contributed by atoms with Gasteiger partial charge in [-0.2, -0.15) is 0 Å². The number of aliphatic carboxylic acids is 1. The Labute approximate surface area is 123 Å². The quantitative estimate of drug-likeness (QED) is 0.666. The number of hydrogen-bond acceptors (Lipinski definition) is 4. The molecule has 0 aromatic heterocycles. The van der Waals surface area contributed by atoms with E-state index in [-0.39, 0.29) is 17.4 Å². The van der Waals surface area contributed by atoms with E-state index in [0.717, 1.165) is 19.5 Å². The van der Waals surface area contributed by atoms with Gasteiger partial charge in [-0.1, -0.05) is 13.8 Å². The van der Waals surface area contributed by atoms with Gasteiger partial charge in [-0.25, -0.2) is 4.79 Å². The predicted molar refractivity (Wildman–Crippen MR) is 77.5 cm³/mol. The van der Waals surface area contributed by atoms with Gasteiger partial charge in [0.25, 0.3) is 0 Å². The molecule has 0 radical (unpaired) electrons. The van der Waals surface area contributed by atoms with Gasteiger partial charge in [0, 0.05) is 18.8 Å². The lowest BCUT2D eigenvalue weighted by molar-refractivity contribution is -0.139. The van der Waals surface area contributed by atoms with Crippen molar-refractivity contribution >= 4 is 30.0 Å². The Bertz CT molecular complexity index is 354. The van der Waals surface area contributed by atoms with Crippen molar-refractivity contribution in [2.75, 3.05) is 24.6 Å². The molecule has 0 spiro atoms. The second-order valence-corrected chi connectivity index (χ2v) is 6.47. The Morgan fingerprint density at radius 2 is 2.00 bits per heavy atom. The molecule has 3 atom stereocenters. The van der Waals surface area contributed by atoms with E-state index in [1.165, 1.54) is 11.8 Å². The van der Waals surface area contributed by atoms with E-state index in [2.05, 4.69) is 19.2 Å². The monoisotopic (exact) mass is 302 g/mol. The molecule has 7 heteroatoms. The van der Waals surface area contributed by atoms with Crippen LogP contribution >= 0.6 is 11.8 Å². The molecule has 0 aliphatic carbocycles. The first kappa shape index (κ1) is 16.8. The zero-order valence-electron chi connectivity index (χ0n) is 11.9. The van der Waals surface area contributed by atoms with Crippen molar-refractivity contribution in [3.8, 4) is 0 Å². The number of carbonyl (C=O) groups excluding carboxylic acids is 2. The molecule has 0 aromatic rings. The minimum Gasteiger partial charge on any atom is -0.480 e. The first-order valence-electron chi connectivity index (χ1n) is 6.72. The van der Waals surface area contributed by atoms with Crippen molar-refractivity contribution in [2.45, 2.75) is 26.3 Å². The molecule has 6 nitrogen and oxygen atoms in total. The fourth-order valence-electron chi connectivity index (χ4n) is 2.49. The van der Waals surface area contributed by atoms with Crippen LogP contribution in [0.25, 0.3) is 0 Å². The van der Waals surface area contributed by atoms with Crippen LogP contribution in [0, 0.1) is 11.8 Å². The number of carbonyl (C=O) groups is 3. The molecule has 1 saturated heterocycles. The number of amides is 2. The third-order valence-electron chi connectivity index (χ3n) is 3.30. The number of nitrogens with one attached hydrogen (secondary N) is 1. The lowest BCUT2D eigenvalue weighted by Gasteiger charge is -2.35. The summed E-state index contributed by atoms with van der Waals surface area (Å²) in [4.78, 5) is 35.0. The molecule has 20 heavy (non-hydrogen) atoms. The maximum Gasteiger partial charge on any atom is 0.327 e. The van der Waals surface area contributed by atoms with E-state index < -0.39 is 12.0 Å². The van der Waals surface area contributed by atoms with Crippen LogP contribution in [0.1, 0.15) is 20.3 Å². The average Bonchev–Trinajstić information content (AvgIpc) is 2.36. The number of rotatable bonds is 7. The summed E-state index contributed by atoms with van der Waals surface area (Å²) in [6.07, 6.45) is 1.51. The molecule has 1 aliphatic heterocycles. The summed E-state index contributed by atoms with van der Waals surface area (Å²) in [7, 11) is 0. The van der Waals surface area contributed by atoms with Crippen LogP contribution in [0.3, 0.4) is 0 Å². The Balaban J connectivity index is 2.35. The van der Waals surface area contributed by atoms with Gasteiger partial charge in [0.2, 0.25) is 12.3 Å². The van der Waals surface area contributed by atoms with E-state index in [9.17, 15) is 14.4 Å². The maximum atomic E-state index is 12.1. The van der Waals surface area contributed by atoms with Gasteiger partial charge in [-0.3, -0.25) is 9.59 Å². The summed E-state index contributed by atoms with van der Waals surface area (Å²) >= 11 is 1.24. The second-order valence-electron chi connectivity index (χ2n) is 5.44. The highest BCUT2D eigenvalue weighted by atomic mass is 32.2. The number of nitrogens with zero attached hydrogens (tertiary/aromatic N) is 1. The Kier molecular flexibility index (Phi) is 6.84. The minimum absolute atomic E-state index is 0.0450. The molecule has 3 unspecified atom stereocenters. The summed E-state index contributed by atoms with van der Waals surface area (Å²) in [5.74, 6) is 0.427. The average molecular weight is 302 g/mol. The Morgan fingerprint density at radius 3 is 2.50 bits per heavy atom. The standard InChI is InChI=1S/C13H22N2O4S/c1-9-3-10(2)5-15(4-9)12(17)7-20-6-11(13(18)19)14-8-16/h8-11H,3-7H2,1-2H3,(H,14,16)(H,18,19). The zero-order valence-corrected chi connectivity index (χ0v) is 12.7. The largest absolute Gasteiger partial charge is 0.480 e.